The van der Waals surface area contributed by atoms with Gasteiger partial charge in [0.1, 0.15) is 5.82 Å². The Bertz CT molecular complexity index is 339. The molecule has 4 N–H and O–H groups in total. The van der Waals surface area contributed by atoms with Crippen LogP contribution in [0.2, 0.25) is 0 Å². The Balaban J connectivity index is 0.00000106. The number of hydrazine groups is 1. The zero-order chi connectivity index (χ0) is 12.7. The van der Waals surface area contributed by atoms with Gasteiger partial charge in [0.2, 0.25) is 0 Å². The van der Waals surface area contributed by atoms with Crippen molar-refractivity contribution in [2.75, 3.05) is 17.3 Å². The van der Waals surface area contributed by atoms with Crippen molar-refractivity contribution in [2.24, 2.45) is 5.84 Å². The Morgan fingerprint density at radius 3 is 2.44 bits per heavy atom. The molecule has 0 saturated heterocycles. The van der Waals surface area contributed by atoms with Crippen molar-refractivity contribution >= 4 is 11.4 Å². The van der Waals surface area contributed by atoms with E-state index in [2.05, 4.69) is 13.2 Å². The van der Waals surface area contributed by atoms with Crippen molar-refractivity contribution in [3.8, 4) is 0 Å². The van der Waals surface area contributed by atoms with E-state index in [9.17, 15) is 4.39 Å². The van der Waals surface area contributed by atoms with Crippen molar-refractivity contribution in [1.29, 1.82) is 0 Å². The maximum absolute atomic E-state index is 13.2. The SMILES string of the molecule is C=C.CCCN(N)c1cc(F)c(C)cc1N. The Hall–Kier alpha value is -1.55. The Kier molecular flexibility index (Phi) is 6.18. The van der Waals surface area contributed by atoms with Crippen molar-refractivity contribution in [3.63, 3.8) is 0 Å². The van der Waals surface area contributed by atoms with Crippen LogP contribution < -0.4 is 16.6 Å². The minimum absolute atomic E-state index is 0.277. The summed E-state index contributed by atoms with van der Waals surface area (Å²) in [6.07, 6.45) is 0.894. The van der Waals surface area contributed by atoms with Crippen LogP contribution in [0, 0.1) is 12.7 Å². The minimum atomic E-state index is -0.277. The summed E-state index contributed by atoms with van der Waals surface area (Å²) in [7, 11) is 0. The molecule has 90 valence electrons. The average Bonchev–Trinajstić information content (AvgIpc) is 2.26. The molecule has 0 bridgehead atoms. The summed E-state index contributed by atoms with van der Waals surface area (Å²) in [5.74, 6) is 5.43. The van der Waals surface area contributed by atoms with E-state index in [4.69, 9.17) is 11.6 Å². The predicted octanol–water partition coefficient (Wildman–Crippen LogP) is 2.61. The maximum Gasteiger partial charge on any atom is 0.128 e. The highest BCUT2D eigenvalue weighted by molar-refractivity contribution is 5.67. The summed E-state index contributed by atoms with van der Waals surface area (Å²) in [4.78, 5) is 0. The van der Waals surface area contributed by atoms with E-state index in [1.807, 2.05) is 6.92 Å². The third-order valence-corrected chi connectivity index (χ3v) is 2.08. The molecule has 0 amide bonds. The summed E-state index contributed by atoms with van der Waals surface area (Å²) < 4.78 is 13.2. The second kappa shape index (κ2) is 6.85. The van der Waals surface area contributed by atoms with Gasteiger partial charge in [0.05, 0.1) is 11.4 Å². The Morgan fingerprint density at radius 1 is 1.38 bits per heavy atom. The predicted molar refractivity (Wildman–Crippen MR) is 68.6 cm³/mol. The highest BCUT2D eigenvalue weighted by atomic mass is 19.1. The number of benzene rings is 1. The first-order valence-electron chi connectivity index (χ1n) is 5.14. The van der Waals surface area contributed by atoms with Gasteiger partial charge in [0, 0.05) is 12.6 Å². The molecule has 0 aliphatic heterocycles. The number of hydrogen-bond donors (Lipinski definition) is 2. The highest BCUT2D eigenvalue weighted by Crippen LogP contribution is 2.24. The van der Waals surface area contributed by atoms with Crippen molar-refractivity contribution < 1.29 is 4.39 Å². The quantitative estimate of drug-likeness (QED) is 0.360. The molecule has 0 unspecified atom stereocenters. The third kappa shape index (κ3) is 3.55. The number of halogens is 1. The second-order valence-electron chi connectivity index (χ2n) is 3.35. The van der Waals surface area contributed by atoms with Gasteiger partial charge in [0.25, 0.3) is 0 Å². The third-order valence-electron chi connectivity index (χ3n) is 2.08. The van der Waals surface area contributed by atoms with E-state index in [1.165, 1.54) is 11.1 Å². The molecule has 1 aromatic rings. The Morgan fingerprint density at radius 2 is 1.94 bits per heavy atom. The molecule has 0 aromatic heterocycles. The van der Waals surface area contributed by atoms with Crippen LogP contribution in [-0.2, 0) is 0 Å². The van der Waals surface area contributed by atoms with Crippen molar-refractivity contribution in [2.45, 2.75) is 20.3 Å². The molecule has 0 atom stereocenters. The smallest absolute Gasteiger partial charge is 0.128 e. The molecule has 0 aliphatic rings. The number of nitrogen functional groups attached to an aromatic ring is 1. The molecule has 0 aliphatic carbocycles. The van der Waals surface area contributed by atoms with Crippen LogP contribution in [0.3, 0.4) is 0 Å². The van der Waals surface area contributed by atoms with E-state index in [1.54, 1.807) is 13.0 Å². The van der Waals surface area contributed by atoms with Gasteiger partial charge >= 0.3 is 0 Å². The van der Waals surface area contributed by atoms with Crippen LogP contribution in [0.15, 0.2) is 25.3 Å². The van der Waals surface area contributed by atoms with Crippen molar-refractivity contribution in [1.82, 2.24) is 0 Å². The lowest BCUT2D eigenvalue weighted by Gasteiger charge is -2.20. The first-order valence-corrected chi connectivity index (χ1v) is 5.14. The van der Waals surface area contributed by atoms with E-state index in [0.717, 1.165) is 6.42 Å². The minimum Gasteiger partial charge on any atom is -0.397 e. The molecule has 0 heterocycles. The fourth-order valence-corrected chi connectivity index (χ4v) is 1.30. The normalized spacial score (nSPS) is 9.25. The summed E-state index contributed by atoms with van der Waals surface area (Å²) in [6, 6.07) is 2.97. The molecule has 0 radical (unpaired) electrons. The molecule has 3 nitrogen and oxygen atoms in total. The largest absolute Gasteiger partial charge is 0.397 e. The lowest BCUT2D eigenvalue weighted by molar-refractivity contribution is 0.617. The van der Waals surface area contributed by atoms with Crippen LogP contribution in [0.4, 0.5) is 15.8 Å². The highest BCUT2D eigenvalue weighted by Gasteiger charge is 2.08. The topological polar surface area (TPSA) is 55.3 Å². The zero-order valence-corrected chi connectivity index (χ0v) is 9.96. The van der Waals surface area contributed by atoms with Crippen LogP contribution >= 0.6 is 0 Å². The fraction of sp³-hybridized carbons (Fsp3) is 0.333. The fourth-order valence-electron chi connectivity index (χ4n) is 1.30. The standard InChI is InChI=1S/C10H16FN3.C2H4/c1-3-4-14(13)10-6-8(11)7(2)5-9(10)12;1-2/h5-6H,3-4,12-13H2,1-2H3;1-2H2. The molecular formula is C12H20FN3. The molecule has 4 heteroatoms. The lowest BCUT2D eigenvalue weighted by atomic mass is 10.1. The maximum atomic E-state index is 13.2. The number of rotatable bonds is 3. The number of nitrogens with zero attached hydrogens (tertiary/aromatic N) is 1. The number of hydrogen-bond acceptors (Lipinski definition) is 3. The zero-order valence-electron chi connectivity index (χ0n) is 9.96. The number of nitrogens with two attached hydrogens (primary N) is 2. The van der Waals surface area contributed by atoms with Gasteiger partial charge in [0.15, 0.2) is 0 Å². The summed E-state index contributed by atoms with van der Waals surface area (Å²) in [6.45, 7) is 10.3. The molecule has 1 aromatic carbocycles. The van der Waals surface area contributed by atoms with E-state index >= 15 is 0 Å². The number of aryl methyl sites for hydroxylation is 1. The van der Waals surface area contributed by atoms with Gasteiger partial charge < -0.3 is 10.7 Å². The van der Waals surface area contributed by atoms with Gasteiger partial charge in [-0.3, -0.25) is 0 Å². The van der Waals surface area contributed by atoms with Gasteiger partial charge in [-0.25, -0.2) is 10.2 Å². The molecular weight excluding hydrogens is 205 g/mol. The number of anilines is 2. The molecule has 0 saturated carbocycles. The summed E-state index contributed by atoms with van der Waals surface area (Å²) in [5.41, 5.74) is 7.34. The summed E-state index contributed by atoms with van der Waals surface area (Å²) in [5, 5.41) is 1.47. The van der Waals surface area contributed by atoms with Crippen LogP contribution in [0.5, 0.6) is 0 Å². The van der Waals surface area contributed by atoms with Crippen molar-refractivity contribution in [3.05, 3.63) is 36.7 Å². The lowest BCUT2D eigenvalue weighted by Crippen LogP contribution is -2.32. The average molecular weight is 225 g/mol. The van der Waals surface area contributed by atoms with E-state index < -0.39 is 0 Å². The molecule has 0 fully saturated rings. The first-order chi connectivity index (χ1) is 7.56. The summed E-state index contributed by atoms with van der Waals surface area (Å²) >= 11 is 0. The van der Waals surface area contributed by atoms with Gasteiger partial charge in [-0.1, -0.05) is 6.92 Å². The van der Waals surface area contributed by atoms with Gasteiger partial charge in [-0.2, -0.15) is 0 Å². The van der Waals surface area contributed by atoms with Crippen LogP contribution in [-0.4, -0.2) is 6.54 Å². The molecule has 0 spiro atoms. The first kappa shape index (κ1) is 14.5. The van der Waals surface area contributed by atoms with Crippen LogP contribution in [0.25, 0.3) is 0 Å². The molecule has 1 rings (SSSR count). The van der Waals surface area contributed by atoms with E-state index in [-0.39, 0.29) is 5.82 Å². The van der Waals surface area contributed by atoms with Gasteiger partial charge in [-0.05, 0) is 25.0 Å². The van der Waals surface area contributed by atoms with E-state index in [0.29, 0.717) is 23.5 Å². The second-order valence-corrected chi connectivity index (χ2v) is 3.35. The van der Waals surface area contributed by atoms with Crippen LogP contribution in [0.1, 0.15) is 18.9 Å². The Labute approximate surface area is 96.5 Å². The van der Waals surface area contributed by atoms with Gasteiger partial charge in [-0.15, -0.1) is 13.2 Å². The molecule has 16 heavy (non-hydrogen) atoms. The monoisotopic (exact) mass is 225 g/mol.